The van der Waals surface area contributed by atoms with Crippen molar-refractivity contribution in [1.29, 1.82) is 0 Å². The van der Waals surface area contributed by atoms with Gasteiger partial charge in [0.1, 0.15) is 12.4 Å². The van der Waals surface area contributed by atoms with E-state index in [-0.39, 0.29) is 12.4 Å². The number of ether oxygens (including phenoxy) is 2. The van der Waals surface area contributed by atoms with E-state index in [1.54, 1.807) is 30.3 Å². The van der Waals surface area contributed by atoms with Crippen molar-refractivity contribution in [3.8, 4) is 11.5 Å². The van der Waals surface area contributed by atoms with Crippen LogP contribution in [0.1, 0.15) is 15.9 Å². The van der Waals surface area contributed by atoms with Crippen LogP contribution in [0, 0.1) is 5.82 Å². The zero-order valence-electron chi connectivity index (χ0n) is 10.7. The summed E-state index contributed by atoms with van der Waals surface area (Å²) in [5, 5.41) is 0. The van der Waals surface area contributed by atoms with Crippen molar-refractivity contribution in [3.63, 3.8) is 0 Å². The Labute approximate surface area is 124 Å². The van der Waals surface area contributed by atoms with Gasteiger partial charge in [0.25, 0.3) is 0 Å². The van der Waals surface area contributed by atoms with E-state index in [1.165, 1.54) is 13.2 Å². The Morgan fingerprint density at radius 3 is 2.70 bits per heavy atom. The number of rotatable bonds is 5. The third kappa shape index (κ3) is 3.36. The molecule has 0 spiro atoms. The summed E-state index contributed by atoms with van der Waals surface area (Å²) >= 11 is 3.26. The molecule has 0 unspecified atom stereocenters. The Morgan fingerprint density at radius 1 is 1.25 bits per heavy atom. The number of benzene rings is 2. The van der Waals surface area contributed by atoms with Gasteiger partial charge < -0.3 is 9.47 Å². The molecule has 104 valence electrons. The Morgan fingerprint density at radius 2 is 2.05 bits per heavy atom. The number of carbonyl (C=O) groups excluding carboxylic acids is 1. The third-order valence-corrected chi connectivity index (χ3v) is 3.44. The van der Waals surface area contributed by atoms with Gasteiger partial charge in [-0.2, -0.15) is 0 Å². The maximum Gasteiger partial charge on any atom is 0.165 e. The number of hydrogen-bond donors (Lipinski definition) is 0. The molecule has 0 amide bonds. The van der Waals surface area contributed by atoms with Crippen LogP contribution in [0.25, 0.3) is 0 Å². The minimum absolute atomic E-state index is 0.195. The van der Waals surface area contributed by atoms with Gasteiger partial charge in [0, 0.05) is 10.0 Å². The summed E-state index contributed by atoms with van der Waals surface area (Å²) < 4.78 is 24.6. The van der Waals surface area contributed by atoms with Gasteiger partial charge in [0.05, 0.1) is 7.11 Å². The smallest absolute Gasteiger partial charge is 0.165 e. The molecule has 2 aromatic rings. The zero-order valence-corrected chi connectivity index (χ0v) is 12.3. The standard InChI is InChI=1S/C15H12BrFO3/c1-19-15-5-2-10(6-14(15)17)9-20-12-3-4-13(16)11(7-12)8-18/h2-8H,9H2,1H3. The predicted octanol–water partition coefficient (Wildman–Crippen LogP) is 3.99. The molecule has 0 saturated carbocycles. The normalized spacial score (nSPS) is 10.2. The first-order valence-corrected chi connectivity index (χ1v) is 6.63. The Bertz CT molecular complexity index is 629. The van der Waals surface area contributed by atoms with Gasteiger partial charge in [-0.15, -0.1) is 0 Å². The molecule has 2 aromatic carbocycles. The minimum atomic E-state index is -0.432. The first kappa shape index (κ1) is 14.5. The van der Waals surface area contributed by atoms with Crippen LogP contribution in [0.15, 0.2) is 40.9 Å². The number of halogens is 2. The van der Waals surface area contributed by atoms with E-state index < -0.39 is 5.82 Å². The average molecular weight is 339 g/mol. The van der Waals surface area contributed by atoms with Crippen LogP contribution in [0.2, 0.25) is 0 Å². The molecule has 0 aliphatic carbocycles. The van der Waals surface area contributed by atoms with Crippen LogP contribution in [0.5, 0.6) is 11.5 Å². The Kier molecular flexibility index (Phi) is 4.74. The summed E-state index contributed by atoms with van der Waals surface area (Å²) in [6.45, 7) is 0.209. The van der Waals surface area contributed by atoms with Crippen molar-refractivity contribution >= 4 is 22.2 Å². The highest BCUT2D eigenvalue weighted by Gasteiger charge is 2.05. The molecule has 0 aliphatic heterocycles. The fourth-order valence-electron chi connectivity index (χ4n) is 1.67. The molecule has 0 aliphatic rings. The topological polar surface area (TPSA) is 35.5 Å². The fraction of sp³-hybridized carbons (Fsp3) is 0.133. The molecular weight excluding hydrogens is 327 g/mol. The molecule has 0 saturated heterocycles. The maximum atomic E-state index is 13.5. The molecule has 20 heavy (non-hydrogen) atoms. The van der Waals surface area contributed by atoms with E-state index in [1.807, 2.05) is 0 Å². The van der Waals surface area contributed by atoms with Gasteiger partial charge in [-0.25, -0.2) is 4.39 Å². The maximum absolute atomic E-state index is 13.5. The molecule has 0 fully saturated rings. The van der Waals surface area contributed by atoms with Gasteiger partial charge in [0.2, 0.25) is 0 Å². The van der Waals surface area contributed by atoms with Crippen LogP contribution in [0.4, 0.5) is 4.39 Å². The molecule has 5 heteroatoms. The second-order valence-electron chi connectivity index (χ2n) is 4.06. The monoisotopic (exact) mass is 338 g/mol. The number of methoxy groups -OCH3 is 1. The lowest BCUT2D eigenvalue weighted by Gasteiger charge is -2.09. The Balaban J connectivity index is 2.08. The molecule has 3 nitrogen and oxygen atoms in total. The molecule has 0 radical (unpaired) electrons. The summed E-state index contributed by atoms with van der Waals surface area (Å²) in [6, 6.07) is 9.72. The number of aldehydes is 1. The largest absolute Gasteiger partial charge is 0.494 e. The highest BCUT2D eigenvalue weighted by atomic mass is 79.9. The van der Waals surface area contributed by atoms with Crippen LogP contribution < -0.4 is 9.47 Å². The molecule has 0 bridgehead atoms. The number of hydrogen-bond acceptors (Lipinski definition) is 3. The molecule has 0 heterocycles. The van der Waals surface area contributed by atoms with E-state index in [0.29, 0.717) is 21.3 Å². The van der Waals surface area contributed by atoms with Crippen molar-refractivity contribution in [2.75, 3.05) is 7.11 Å². The predicted molar refractivity (Wildman–Crippen MR) is 76.8 cm³/mol. The van der Waals surface area contributed by atoms with E-state index in [2.05, 4.69) is 15.9 Å². The van der Waals surface area contributed by atoms with Gasteiger partial charge in [-0.05, 0) is 35.9 Å². The van der Waals surface area contributed by atoms with Crippen molar-refractivity contribution in [3.05, 3.63) is 57.8 Å². The highest BCUT2D eigenvalue weighted by Crippen LogP contribution is 2.23. The first-order chi connectivity index (χ1) is 9.63. The van der Waals surface area contributed by atoms with E-state index in [0.717, 1.165) is 6.29 Å². The van der Waals surface area contributed by atoms with Gasteiger partial charge in [-0.1, -0.05) is 22.0 Å². The summed E-state index contributed by atoms with van der Waals surface area (Å²) in [6.07, 6.45) is 0.740. The number of carbonyl (C=O) groups is 1. The molecule has 0 aromatic heterocycles. The Hall–Kier alpha value is -1.88. The first-order valence-electron chi connectivity index (χ1n) is 5.84. The second kappa shape index (κ2) is 6.52. The summed E-state index contributed by atoms with van der Waals surface area (Å²) in [5.41, 5.74) is 1.18. The SMILES string of the molecule is COc1ccc(COc2ccc(Br)c(C=O)c2)cc1F. The van der Waals surface area contributed by atoms with Gasteiger partial charge >= 0.3 is 0 Å². The molecular formula is C15H12BrFO3. The van der Waals surface area contributed by atoms with Crippen molar-refractivity contribution < 1.29 is 18.7 Å². The molecule has 0 N–H and O–H groups in total. The van der Waals surface area contributed by atoms with Gasteiger partial charge in [0.15, 0.2) is 17.9 Å². The van der Waals surface area contributed by atoms with E-state index in [9.17, 15) is 9.18 Å². The molecule has 0 atom stereocenters. The van der Waals surface area contributed by atoms with Crippen molar-refractivity contribution in [2.45, 2.75) is 6.61 Å². The lowest BCUT2D eigenvalue weighted by Crippen LogP contribution is -1.98. The zero-order chi connectivity index (χ0) is 14.5. The average Bonchev–Trinajstić information content (AvgIpc) is 2.46. The van der Waals surface area contributed by atoms with Crippen LogP contribution in [-0.4, -0.2) is 13.4 Å². The van der Waals surface area contributed by atoms with E-state index >= 15 is 0 Å². The van der Waals surface area contributed by atoms with E-state index in [4.69, 9.17) is 9.47 Å². The minimum Gasteiger partial charge on any atom is -0.494 e. The lowest BCUT2D eigenvalue weighted by atomic mass is 10.2. The second-order valence-corrected chi connectivity index (χ2v) is 4.91. The summed E-state index contributed by atoms with van der Waals surface area (Å²) in [4.78, 5) is 10.8. The van der Waals surface area contributed by atoms with Crippen LogP contribution >= 0.6 is 15.9 Å². The van der Waals surface area contributed by atoms with Crippen molar-refractivity contribution in [2.24, 2.45) is 0 Å². The van der Waals surface area contributed by atoms with Gasteiger partial charge in [-0.3, -0.25) is 4.79 Å². The van der Waals surface area contributed by atoms with Crippen LogP contribution in [-0.2, 0) is 6.61 Å². The molecule has 2 rings (SSSR count). The highest BCUT2D eigenvalue weighted by molar-refractivity contribution is 9.10. The van der Waals surface area contributed by atoms with Crippen LogP contribution in [0.3, 0.4) is 0 Å². The lowest BCUT2D eigenvalue weighted by molar-refractivity contribution is 0.112. The fourth-order valence-corrected chi connectivity index (χ4v) is 2.01. The summed E-state index contributed by atoms with van der Waals surface area (Å²) in [7, 11) is 1.41. The summed E-state index contributed by atoms with van der Waals surface area (Å²) in [5.74, 6) is 0.310. The quantitative estimate of drug-likeness (QED) is 0.773. The van der Waals surface area contributed by atoms with Crippen molar-refractivity contribution in [1.82, 2.24) is 0 Å². The third-order valence-electron chi connectivity index (χ3n) is 2.72.